The van der Waals surface area contributed by atoms with Crippen molar-refractivity contribution in [1.29, 1.82) is 0 Å². The number of hydrogen-bond donors (Lipinski definition) is 1. The standard InChI is InChI=1S/C23H25N3O3/c27-20(12-26-13-22-5-6-23(14-26)29-22)15-28-21-4-3-16-1-2-17(9-19(16)10-21)18-7-8-24-25-11-18/h1-4,7-11,20,22-23,27H,5-6,12-15H2/t20?,22-,23+. The van der Waals surface area contributed by atoms with Crippen molar-refractivity contribution in [2.45, 2.75) is 31.2 Å². The van der Waals surface area contributed by atoms with Gasteiger partial charge in [-0.3, -0.25) is 4.90 Å². The van der Waals surface area contributed by atoms with Gasteiger partial charge in [0.15, 0.2) is 0 Å². The molecule has 3 atom stereocenters. The molecule has 2 aromatic carbocycles. The zero-order valence-electron chi connectivity index (χ0n) is 16.3. The quantitative estimate of drug-likeness (QED) is 0.697. The number of morpholine rings is 1. The summed E-state index contributed by atoms with van der Waals surface area (Å²) in [5, 5.41) is 20.5. The maximum Gasteiger partial charge on any atom is 0.120 e. The first-order valence-corrected chi connectivity index (χ1v) is 10.2. The van der Waals surface area contributed by atoms with Crippen LogP contribution >= 0.6 is 0 Å². The van der Waals surface area contributed by atoms with Crippen LogP contribution in [-0.4, -0.2) is 64.8 Å². The van der Waals surface area contributed by atoms with E-state index < -0.39 is 6.10 Å². The number of ether oxygens (including phenoxy) is 2. The largest absolute Gasteiger partial charge is 0.491 e. The molecule has 0 aliphatic carbocycles. The maximum atomic E-state index is 10.4. The van der Waals surface area contributed by atoms with E-state index in [4.69, 9.17) is 9.47 Å². The Morgan fingerprint density at radius 1 is 1.00 bits per heavy atom. The van der Waals surface area contributed by atoms with Crippen LogP contribution < -0.4 is 4.74 Å². The van der Waals surface area contributed by atoms with Crippen LogP contribution in [0.2, 0.25) is 0 Å². The van der Waals surface area contributed by atoms with Gasteiger partial charge in [-0.1, -0.05) is 18.2 Å². The first kappa shape index (κ1) is 18.5. The average Bonchev–Trinajstić information content (AvgIpc) is 3.10. The Morgan fingerprint density at radius 2 is 1.83 bits per heavy atom. The summed E-state index contributed by atoms with van der Waals surface area (Å²) in [5.41, 5.74) is 2.12. The van der Waals surface area contributed by atoms with Gasteiger partial charge in [-0.25, -0.2) is 0 Å². The van der Waals surface area contributed by atoms with Crippen LogP contribution in [0.3, 0.4) is 0 Å². The van der Waals surface area contributed by atoms with Crippen LogP contribution in [0.25, 0.3) is 21.9 Å². The van der Waals surface area contributed by atoms with E-state index in [1.165, 1.54) is 0 Å². The summed E-state index contributed by atoms with van der Waals surface area (Å²) in [5.74, 6) is 0.767. The number of β-amino-alcohol motifs (C(OH)–C–C–N with tert-alkyl or cyclic N) is 1. The Labute approximate surface area is 170 Å². The lowest BCUT2D eigenvalue weighted by Crippen LogP contribution is -2.46. The number of likely N-dealkylation sites (tertiary alicyclic amines) is 1. The summed E-state index contributed by atoms with van der Waals surface area (Å²) in [4.78, 5) is 2.30. The fourth-order valence-electron chi connectivity index (χ4n) is 4.35. The van der Waals surface area contributed by atoms with Crippen molar-refractivity contribution in [2.24, 2.45) is 0 Å². The molecule has 2 bridgehead atoms. The number of nitrogens with zero attached hydrogens (tertiary/aromatic N) is 3. The molecule has 1 aromatic heterocycles. The molecular formula is C23H25N3O3. The molecule has 0 spiro atoms. The van der Waals surface area contributed by atoms with E-state index >= 15 is 0 Å². The molecule has 29 heavy (non-hydrogen) atoms. The highest BCUT2D eigenvalue weighted by Crippen LogP contribution is 2.28. The van der Waals surface area contributed by atoms with Crippen LogP contribution in [0, 0.1) is 0 Å². The third kappa shape index (κ3) is 4.24. The average molecular weight is 391 g/mol. The summed E-state index contributed by atoms with van der Waals surface area (Å²) >= 11 is 0. The monoisotopic (exact) mass is 391 g/mol. The SMILES string of the molecule is OC(COc1ccc2ccc(-c3ccnnc3)cc2c1)CN1C[C@H]2CC[C@@H](C1)O2. The third-order valence-corrected chi connectivity index (χ3v) is 5.76. The molecule has 5 rings (SSSR count). The highest BCUT2D eigenvalue weighted by Gasteiger charge is 2.34. The Morgan fingerprint density at radius 3 is 2.62 bits per heavy atom. The molecule has 0 amide bonds. The van der Waals surface area contributed by atoms with Gasteiger partial charge in [-0.2, -0.15) is 10.2 Å². The summed E-state index contributed by atoms with van der Waals surface area (Å²) in [7, 11) is 0. The van der Waals surface area contributed by atoms with Crippen LogP contribution in [0.15, 0.2) is 54.9 Å². The van der Waals surface area contributed by atoms with Crippen molar-refractivity contribution in [1.82, 2.24) is 15.1 Å². The second kappa shape index (κ2) is 8.06. The molecule has 2 fully saturated rings. The summed E-state index contributed by atoms with van der Waals surface area (Å²) < 4.78 is 11.8. The molecule has 0 radical (unpaired) electrons. The predicted octanol–water partition coefficient (Wildman–Crippen LogP) is 2.90. The van der Waals surface area contributed by atoms with E-state index in [9.17, 15) is 5.11 Å². The fourth-order valence-corrected chi connectivity index (χ4v) is 4.35. The van der Waals surface area contributed by atoms with Crippen molar-refractivity contribution in [3.8, 4) is 16.9 Å². The smallest absolute Gasteiger partial charge is 0.120 e. The molecule has 3 aromatic rings. The minimum Gasteiger partial charge on any atom is -0.491 e. The van der Waals surface area contributed by atoms with Crippen molar-refractivity contribution in [2.75, 3.05) is 26.2 Å². The Kier molecular flexibility index (Phi) is 5.14. The summed E-state index contributed by atoms with van der Waals surface area (Å²) in [6.45, 7) is 2.74. The highest BCUT2D eigenvalue weighted by molar-refractivity contribution is 5.88. The summed E-state index contributed by atoms with van der Waals surface area (Å²) in [6, 6.07) is 14.3. The van der Waals surface area contributed by atoms with Gasteiger partial charge in [0, 0.05) is 25.2 Å². The van der Waals surface area contributed by atoms with E-state index in [1.807, 2.05) is 24.3 Å². The minimum absolute atomic E-state index is 0.284. The number of fused-ring (bicyclic) bond motifs is 3. The number of hydrogen-bond acceptors (Lipinski definition) is 6. The van der Waals surface area contributed by atoms with Crippen LogP contribution in [0.4, 0.5) is 0 Å². The van der Waals surface area contributed by atoms with Crippen LogP contribution in [-0.2, 0) is 4.74 Å². The van der Waals surface area contributed by atoms with E-state index in [2.05, 4.69) is 33.3 Å². The zero-order chi connectivity index (χ0) is 19.6. The lowest BCUT2D eigenvalue weighted by atomic mass is 10.0. The van der Waals surface area contributed by atoms with Crippen molar-refractivity contribution >= 4 is 10.8 Å². The number of rotatable bonds is 6. The maximum absolute atomic E-state index is 10.4. The van der Waals surface area contributed by atoms with E-state index in [0.717, 1.165) is 53.6 Å². The van der Waals surface area contributed by atoms with Crippen molar-refractivity contribution in [3.05, 3.63) is 54.9 Å². The van der Waals surface area contributed by atoms with Crippen LogP contribution in [0.1, 0.15) is 12.8 Å². The predicted molar refractivity (Wildman–Crippen MR) is 111 cm³/mol. The molecule has 150 valence electrons. The highest BCUT2D eigenvalue weighted by atomic mass is 16.5. The first-order chi connectivity index (χ1) is 14.2. The lowest BCUT2D eigenvalue weighted by molar-refractivity contribution is -0.0528. The van der Waals surface area contributed by atoms with Gasteiger partial charge in [-0.15, -0.1) is 0 Å². The Bertz CT molecular complexity index is 970. The van der Waals surface area contributed by atoms with E-state index in [-0.39, 0.29) is 6.61 Å². The van der Waals surface area contributed by atoms with E-state index in [0.29, 0.717) is 18.8 Å². The molecule has 2 aliphatic rings. The second-order valence-electron chi connectivity index (χ2n) is 8.00. The molecule has 3 heterocycles. The van der Waals surface area contributed by atoms with Gasteiger partial charge in [0.1, 0.15) is 18.5 Å². The van der Waals surface area contributed by atoms with Gasteiger partial charge in [0.2, 0.25) is 0 Å². The van der Waals surface area contributed by atoms with Gasteiger partial charge in [0.05, 0.1) is 24.6 Å². The van der Waals surface area contributed by atoms with Crippen LogP contribution in [0.5, 0.6) is 5.75 Å². The van der Waals surface area contributed by atoms with Gasteiger partial charge in [-0.05, 0) is 53.4 Å². The topological polar surface area (TPSA) is 67.7 Å². The molecule has 1 unspecified atom stereocenters. The molecule has 2 aliphatic heterocycles. The zero-order valence-corrected chi connectivity index (χ0v) is 16.3. The first-order valence-electron chi connectivity index (χ1n) is 10.2. The Hall–Kier alpha value is -2.54. The van der Waals surface area contributed by atoms with Gasteiger partial charge < -0.3 is 14.6 Å². The number of benzene rings is 2. The molecule has 6 nitrogen and oxygen atoms in total. The molecule has 2 saturated heterocycles. The fraction of sp³-hybridized carbons (Fsp3) is 0.391. The summed E-state index contributed by atoms with van der Waals surface area (Å²) in [6.07, 6.45) is 5.90. The van der Waals surface area contributed by atoms with Crippen molar-refractivity contribution in [3.63, 3.8) is 0 Å². The minimum atomic E-state index is -0.516. The molecule has 1 N–H and O–H groups in total. The third-order valence-electron chi connectivity index (χ3n) is 5.76. The number of aliphatic hydroxyl groups excluding tert-OH is 1. The van der Waals surface area contributed by atoms with E-state index in [1.54, 1.807) is 12.4 Å². The normalized spacial score (nSPS) is 22.7. The van der Waals surface area contributed by atoms with Crippen molar-refractivity contribution < 1.29 is 14.6 Å². The number of aromatic nitrogens is 2. The Balaban J connectivity index is 1.23. The molecule has 6 heteroatoms. The van der Waals surface area contributed by atoms with Gasteiger partial charge >= 0.3 is 0 Å². The lowest BCUT2D eigenvalue weighted by Gasteiger charge is -2.33. The second-order valence-corrected chi connectivity index (χ2v) is 8.00. The van der Waals surface area contributed by atoms with Gasteiger partial charge in [0.25, 0.3) is 0 Å². The molecule has 0 saturated carbocycles. The number of aliphatic hydroxyl groups is 1. The molecular weight excluding hydrogens is 366 g/mol.